The molecular weight excluding hydrogens is 192 g/mol. The molecule has 0 heteroatoms. The van der Waals surface area contributed by atoms with E-state index in [0.29, 0.717) is 0 Å². The predicted octanol–water partition coefficient (Wildman–Crippen LogP) is 4.78. The van der Waals surface area contributed by atoms with E-state index in [0.717, 1.165) is 11.1 Å². The maximum absolute atomic E-state index is 3.89. The lowest BCUT2D eigenvalue weighted by molar-refractivity contribution is 1.40. The van der Waals surface area contributed by atoms with Crippen molar-refractivity contribution in [1.29, 1.82) is 0 Å². The van der Waals surface area contributed by atoms with Crippen molar-refractivity contribution in [2.24, 2.45) is 0 Å². The van der Waals surface area contributed by atoms with Gasteiger partial charge in [0.1, 0.15) is 0 Å². The van der Waals surface area contributed by atoms with E-state index in [9.17, 15) is 0 Å². The second-order valence-electron chi connectivity index (χ2n) is 3.57. The van der Waals surface area contributed by atoms with Gasteiger partial charge in [0.15, 0.2) is 0 Å². The SMILES string of the molecule is C=CC(=C(\C=C)c1ccccc1)/C(C)=C/C. The number of benzene rings is 1. The molecule has 0 saturated carbocycles. The van der Waals surface area contributed by atoms with E-state index in [4.69, 9.17) is 0 Å². The van der Waals surface area contributed by atoms with E-state index in [-0.39, 0.29) is 0 Å². The lowest BCUT2D eigenvalue weighted by Crippen LogP contribution is -1.89. The van der Waals surface area contributed by atoms with Crippen molar-refractivity contribution in [2.45, 2.75) is 13.8 Å². The van der Waals surface area contributed by atoms with Gasteiger partial charge in [-0.25, -0.2) is 0 Å². The quantitative estimate of drug-likeness (QED) is 0.627. The summed E-state index contributed by atoms with van der Waals surface area (Å²) >= 11 is 0. The molecule has 1 aromatic rings. The van der Waals surface area contributed by atoms with Gasteiger partial charge >= 0.3 is 0 Å². The average Bonchev–Trinajstić information content (AvgIpc) is 2.36. The zero-order valence-electron chi connectivity index (χ0n) is 10.0. The van der Waals surface area contributed by atoms with Crippen molar-refractivity contribution in [1.82, 2.24) is 0 Å². The monoisotopic (exact) mass is 210 g/mol. The highest BCUT2D eigenvalue weighted by atomic mass is 14.1. The summed E-state index contributed by atoms with van der Waals surface area (Å²) in [4.78, 5) is 0. The molecule has 0 aliphatic rings. The van der Waals surface area contributed by atoms with Crippen LogP contribution in [0.15, 0.2) is 72.9 Å². The van der Waals surface area contributed by atoms with Gasteiger partial charge in [0.25, 0.3) is 0 Å². The smallest absolute Gasteiger partial charge is 0.0115 e. The van der Waals surface area contributed by atoms with E-state index in [1.807, 2.05) is 37.3 Å². The molecule has 1 aromatic carbocycles. The van der Waals surface area contributed by atoms with Gasteiger partial charge < -0.3 is 0 Å². The van der Waals surface area contributed by atoms with Crippen LogP contribution in [0.2, 0.25) is 0 Å². The summed E-state index contributed by atoms with van der Waals surface area (Å²) < 4.78 is 0. The Labute approximate surface area is 98.3 Å². The van der Waals surface area contributed by atoms with Crippen LogP contribution in [-0.4, -0.2) is 0 Å². The Hall–Kier alpha value is -1.82. The van der Waals surface area contributed by atoms with Gasteiger partial charge in [-0.05, 0) is 36.1 Å². The number of allylic oxidation sites excluding steroid dienone is 6. The first-order valence-corrected chi connectivity index (χ1v) is 5.42. The zero-order chi connectivity index (χ0) is 12.0. The summed E-state index contributed by atoms with van der Waals surface area (Å²) in [5.41, 5.74) is 4.66. The average molecular weight is 210 g/mol. The number of hydrogen-bond acceptors (Lipinski definition) is 0. The van der Waals surface area contributed by atoms with Gasteiger partial charge in [0, 0.05) is 0 Å². The van der Waals surface area contributed by atoms with Gasteiger partial charge in [-0.3, -0.25) is 0 Å². The van der Waals surface area contributed by atoms with Gasteiger partial charge in [-0.15, -0.1) is 0 Å². The molecule has 82 valence electrons. The number of rotatable bonds is 4. The standard InChI is InChI=1S/C16H18/c1-5-13(4)15(6-2)16(7-3)14-11-9-8-10-12-14/h5-12H,2-3H2,1,4H3/b13-5+,16-15-. The fourth-order valence-electron chi connectivity index (χ4n) is 1.64. The third-order valence-corrected chi connectivity index (χ3v) is 2.64. The second-order valence-corrected chi connectivity index (χ2v) is 3.57. The highest BCUT2D eigenvalue weighted by Crippen LogP contribution is 2.25. The van der Waals surface area contributed by atoms with Gasteiger partial charge in [0.2, 0.25) is 0 Å². The number of hydrogen-bond donors (Lipinski definition) is 0. The topological polar surface area (TPSA) is 0 Å². The van der Waals surface area contributed by atoms with E-state index in [1.165, 1.54) is 11.1 Å². The van der Waals surface area contributed by atoms with Crippen LogP contribution in [0.3, 0.4) is 0 Å². The molecule has 0 radical (unpaired) electrons. The van der Waals surface area contributed by atoms with E-state index in [1.54, 1.807) is 0 Å². The first-order valence-electron chi connectivity index (χ1n) is 5.42. The zero-order valence-corrected chi connectivity index (χ0v) is 10.0. The van der Waals surface area contributed by atoms with Crippen molar-refractivity contribution in [3.8, 4) is 0 Å². The predicted molar refractivity (Wildman–Crippen MR) is 73.2 cm³/mol. The van der Waals surface area contributed by atoms with Crippen molar-refractivity contribution in [2.75, 3.05) is 0 Å². The Kier molecular flexibility index (Phi) is 4.53. The van der Waals surface area contributed by atoms with Crippen LogP contribution in [0.4, 0.5) is 0 Å². The minimum Gasteiger partial charge on any atom is -0.0984 e. The lowest BCUT2D eigenvalue weighted by Gasteiger charge is -2.09. The van der Waals surface area contributed by atoms with E-state index in [2.05, 4.69) is 38.3 Å². The fraction of sp³-hybridized carbons (Fsp3) is 0.125. The van der Waals surface area contributed by atoms with Gasteiger partial charge in [-0.2, -0.15) is 0 Å². The van der Waals surface area contributed by atoms with Crippen molar-refractivity contribution < 1.29 is 0 Å². The minimum atomic E-state index is 1.13. The summed E-state index contributed by atoms with van der Waals surface area (Å²) in [6, 6.07) is 10.3. The molecule has 0 heterocycles. The Morgan fingerprint density at radius 2 is 1.69 bits per heavy atom. The molecule has 0 nitrogen and oxygen atoms in total. The highest BCUT2D eigenvalue weighted by molar-refractivity contribution is 5.81. The van der Waals surface area contributed by atoms with Crippen LogP contribution in [0, 0.1) is 0 Å². The van der Waals surface area contributed by atoms with Gasteiger partial charge in [0.05, 0.1) is 0 Å². The molecule has 0 aliphatic heterocycles. The second kappa shape index (κ2) is 5.92. The summed E-state index contributed by atoms with van der Waals surface area (Å²) in [7, 11) is 0. The molecule has 0 unspecified atom stereocenters. The summed E-state index contributed by atoms with van der Waals surface area (Å²) in [5, 5.41) is 0. The minimum absolute atomic E-state index is 1.13. The largest absolute Gasteiger partial charge is 0.0984 e. The maximum atomic E-state index is 3.89. The van der Waals surface area contributed by atoms with Crippen molar-refractivity contribution in [3.63, 3.8) is 0 Å². The third kappa shape index (κ3) is 2.60. The Balaban J connectivity index is 3.39. The lowest BCUT2D eigenvalue weighted by atomic mass is 9.95. The molecule has 1 rings (SSSR count). The highest BCUT2D eigenvalue weighted by Gasteiger charge is 2.04. The van der Waals surface area contributed by atoms with Crippen molar-refractivity contribution >= 4 is 5.57 Å². The Bertz CT molecular complexity index is 430. The molecule has 0 aromatic heterocycles. The molecule has 0 aliphatic carbocycles. The Morgan fingerprint density at radius 1 is 1.06 bits per heavy atom. The molecule has 0 atom stereocenters. The third-order valence-electron chi connectivity index (χ3n) is 2.64. The molecule has 0 saturated heterocycles. The normalized spacial score (nSPS) is 13.0. The molecular formula is C16H18. The van der Waals surface area contributed by atoms with E-state index < -0.39 is 0 Å². The van der Waals surface area contributed by atoms with Crippen molar-refractivity contribution in [3.05, 3.63) is 78.4 Å². The van der Waals surface area contributed by atoms with Crippen LogP contribution < -0.4 is 0 Å². The Morgan fingerprint density at radius 3 is 2.12 bits per heavy atom. The summed E-state index contributed by atoms with van der Waals surface area (Å²) in [6.07, 6.45) is 5.86. The van der Waals surface area contributed by atoms with Crippen LogP contribution in [0.1, 0.15) is 19.4 Å². The van der Waals surface area contributed by atoms with Crippen LogP contribution in [0.25, 0.3) is 5.57 Å². The van der Waals surface area contributed by atoms with E-state index >= 15 is 0 Å². The summed E-state index contributed by atoms with van der Waals surface area (Å²) in [6.45, 7) is 11.9. The fourth-order valence-corrected chi connectivity index (χ4v) is 1.64. The molecule has 0 bridgehead atoms. The maximum Gasteiger partial charge on any atom is -0.0115 e. The molecule has 0 fully saturated rings. The molecule has 0 amide bonds. The van der Waals surface area contributed by atoms with Crippen LogP contribution in [0.5, 0.6) is 0 Å². The molecule has 0 spiro atoms. The molecule has 16 heavy (non-hydrogen) atoms. The molecule has 0 N–H and O–H groups in total. The van der Waals surface area contributed by atoms with Crippen LogP contribution in [-0.2, 0) is 0 Å². The first kappa shape index (κ1) is 12.3. The van der Waals surface area contributed by atoms with Gasteiger partial charge in [-0.1, -0.05) is 61.7 Å². The van der Waals surface area contributed by atoms with Crippen LogP contribution >= 0.6 is 0 Å². The summed E-state index contributed by atoms with van der Waals surface area (Å²) in [5.74, 6) is 0. The first-order chi connectivity index (χ1) is 7.74.